The van der Waals surface area contributed by atoms with E-state index < -0.39 is 0 Å². The molecule has 6 nitrogen and oxygen atoms in total. The van der Waals surface area contributed by atoms with E-state index in [1.807, 2.05) is 24.3 Å². The molecule has 0 aliphatic heterocycles. The lowest BCUT2D eigenvalue weighted by molar-refractivity contribution is 0.102. The smallest absolute Gasteiger partial charge is 0.255 e. The van der Waals surface area contributed by atoms with Crippen LogP contribution in [0.4, 0.5) is 5.69 Å². The molecular weight excluding hydrogens is 316 g/mol. The number of nitrogens with two attached hydrogens (primary N) is 1. The van der Waals surface area contributed by atoms with Crippen LogP contribution in [0.25, 0.3) is 11.3 Å². The lowest BCUT2D eigenvalue weighted by atomic mass is 10.1. The van der Waals surface area contributed by atoms with Crippen molar-refractivity contribution in [3.8, 4) is 17.0 Å². The molecule has 0 saturated carbocycles. The third-order valence-corrected chi connectivity index (χ3v) is 3.66. The highest BCUT2D eigenvalue weighted by molar-refractivity contribution is 6.04. The van der Waals surface area contributed by atoms with Crippen LogP contribution in [0.3, 0.4) is 0 Å². The maximum Gasteiger partial charge on any atom is 0.255 e. The summed E-state index contributed by atoms with van der Waals surface area (Å²) < 4.78 is 5.15. The molecule has 25 heavy (non-hydrogen) atoms. The fraction of sp³-hybridized carbons (Fsp3) is 0.105. The lowest BCUT2D eigenvalue weighted by Gasteiger charge is -2.08. The summed E-state index contributed by atoms with van der Waals surface area (Å²) in [5.74, 6) is 0.428. The molecule has 6 heteroatoms. The number of hydrogen-bond acceptors (Lipinski definition) is 5. The van der Waals surface area contributed by atoms with Crippen molar-refractivity contribution in [3.05, 3.63) is 72.2 Å². The van der Waals surface area contributed by atoms with E-state index in [1.165, 1.54) is 0 Å². The predicted octanol–water partition coefficient (Wildman–Crippen LogP) is 2.86. The Morgan fingerprint density at radius 1 is 1.12 bits per heavy atom. The first-order valence-corrected chi connectivity index (χ1v) is 7.76. The number of benzene rings is 2. The number of anilines is 1. The van der Waals surface area contributed by atoms with E-state index >= 15 is 0 Å². The van der Waals surface area contributed by atoms with Crippen LogP contribution in [0.1, 0.15) is 16.1 Å². The van der Waals surface area contributed by atoms with Crippen molar-refractivity contribution in [2.45, 2.75) is 6.54 Å². The third-order valence-electron chi connectivity index (χ3n) is 3.66. The molecule has 126 valence electrons. The second kappa shape index (κ2) is 7.55. The van der Waals surface area contributed by atoms with Crippen LogP contribution in [0, 0.1) is 0 Å². The van der Waals surface area contributed by atoms with Crippen LogP contribution in [0.15, 0.2) is 60.9 Å². The molecule has 0 radical (unpaired) electrons. The molecular formula is C19H18N4O2. The summed E-state index contributed by atoms with van der Waals surface area (Å²) in [4.78, 5) is 21.0. The number of carbonyl (C=O) groups excluding carboxylic acids is 1. The molecule has 2 aromatic carbocycles. The number of carbonyl (C=O) groups is 1. The highest BCUT2D eigenvalue weighted by Gasteiger charge is 2.08. The average molecular weight is 334 g/mol. The number of aromatic nitrogens is 2. The topological polar surface area (TPSA) is 90.1 Å². The largest absolute Gasteiger partial charge is 0.497 e. The first-order chi connectivity index (χ1) is 12.2. The maximum atomic E-state index is 12.4. The zero-order valence-electron chi connectivity index (χ0n) is 13.8. The van der Waals surface area contributed by atoms with Crippen molar-refractivity contribution in [1.29, 1.82) is 0 Å². The maximum absolute atomic E-state index is 12.4. The predicted molar refractivity (Wildman–Crippen MR) is 96.3 cm³/mol. The summed E-state index contributed by atoms with van der Waals surface area (Å²) in [6.07, 6.45) is 3.32. The molecule has 0 saturated heterocycles. The Balaban J connectivity index is 1.80. The lowest BCUT2D eigenvalue weighted by Crippen LogP contribution is -2.11. The molecule has 0 atom stereocenters. The minimum absolute atomic E-state index is 0.208. The van der Waals surface area contributed by atoms with Crippen molar-refractivity contribution in [3.63, 3.8) is 0 Å². The Kier molecular flexibility index (Phi) is 5.01. The molecule has 3 N–H and O–H groups in total. The number of amides is 1. The number of nitrogens with one attached hydrogen (secondary N) is 1. The quantitative estimate of drug-likeness (QED) is 0.749. The highest BCUT2D eigenvalue weighted by Crippen LogP contribution is 2.21. The van der Waals surface area contributed by atoms with Gasteiger partial charge in [-0.15, -0.1) is 0 Å². The summed E-state index contributed by atoms with van der Waals surface area (Å²) in [6.45, 7) is 0.351. The van der Waals surface area contributed by atoms with Gasteiger partial charge in [-0.05, 0) is 30.3 Å². The second-order valence-electron chi connectivity index (χ2n) is 5.36. The molecule has 3 aromatic rings. The zero-order valence-corrected chi connectivity index (χ0v) is 13.8. The number of methoxy groups -OCH3 is 1. The number of hydrogen-bond donors (Lipinski definition) is 2. The van der Waals surface area contributed by atoms with E-state index in [0.717, 1.165) is 17.0 Å². The van der Waals surface area contributed by atoms with Gasteiger partial charge in [-0.2, -0.15) is 0 Å². The van der Waals surface area contributed by atoms with Gasteiger partial charge in [0, 0.05) is 23.4 Å². The monoisotopic (exact) mass is 334 g/mol. The Labute approximate surface area is 145 Å². The Morgan fingerprint density at radius 2 is 1.96 bits per heavy atom. The van der Waals surface area contributed by atoms with Gasteiger partial charge < -0.3 is 15.8 Å². The summed E-state index contributed by atoms with van der Waals surface area (Å²) in [7, 11) is 1.57. The van der Waals surface area contributed by atoms with Crippen LogP contribution in [0.5, 0.6) is 5.75 Å². The van der Waals surface area contributed by atoms with E-state index in [2.05, 4.69) is 15.3 Å². The van der Waals surface area contributed by atoms with Crippen LogP contribution < -0.4 is 15.8 Å². The molecule has 1 amide bonds. The van der Waals surface area contributed by atoms with Crippen LogP contribution in [-0.2, 0) is 6.54 Å². The van der Waals surface area contributed by atoms with Gasteiger partial charge in [-0.25, -0.2) is 0 Å². The molecule has 0 fully saturated rings. The molecule has 0 aliphatic rings. The fourth-order valence-electron chi connectivity index (χ4n) is 2.33. The van der Waals surface area contributed by atoms with Crippen molar-refractivity contribution in [2.75, 3.05) is 12.4 Å². The third kappa shape index (κ3) is 3.99. The zero-order chi connectivity index (χ0) is 17.6. The average Bonchev–Trinajstić information content (AvgIpc) is 2.68. The van der Waals surface area contributed by atoms with Gasteiger partial charge in [-0.1, -0.05) is 18.2 Å². The molecule has 3 rings (SSSR count). The van der Waals surface area contributed by atoms with Crippen molar-refractivity contribution in [1.82, 2.24) is 9.97 Å². The molecule has 0 spiro atoms. The molecule has 0 bridgehead atoms. The number of ether oxygens (including phenoxy) is 1. The summed E-state index contributed by atoms with van der Waals surface area (Å²) in [5, 5.41) is 2.88. The Morgan fingerprint density at radius 3 is 2.68 bits per heavy atom. The molecule has 1 aromatic heterocycles. The minimum atomic E-state index is -0.208. The van der Waals surface area contributed by atoms with Gasteiger partial charge in [0.2, 0.25) is 0 Å². The standard InChI is InChI=1S/C19H18N4O2/c1-25-17-7-3-5-14(9-17)19(24)23-15-6-2-4-13(8-15)18-12-21-16(10-20)11-22-18/h2-9,11-12H,10,20H2,1H3,(H,23,24). The highest BCUT2D eigenvalue weighted by atomic mass is 16.5. The summed E-state index contributed by atoms with van der Waals surface area (Å²) in [6, 6.07) is 14.4. The summed E-state index contributed by atoms with van der Waals surface area (Å²) >= 11 is 0. The van der Waals surface area contributed by atoms with Gasteiger partial charge in [0.05, 0.1) is 30.9 Å². The SMILES string of the molecule is COc1cccc(C(=O)Nc2cccc(-c3cnc(CN)cn3)c2)c1. The van der Waals surface area contributed by atoms with Crippen molar-refractivity contribution >= 4 is 11.6 Å². The van der Waals surface area contributed by atoms with E-state index in [9.17, 15) is 4.79 Å². The molecule has 0 unspecified atom stereocenters. The minimum Gasteiger partial charge on any atom is -0.497 e. The van der Waals surface area contributed by atoms with E-state index in [0.29, 0.717) is 23.5 Å². The Bertz CT molecular complexity index is 879. The van der Waals surface area contributed by atoms with Crippen LogP contribution in [-0.4, -0.2) is 23.0 Å². The van der Waals surface area contributed by atoms with Gasteiger partial charge in [0.15, 0.2) is 0 Å². The fourth-order valence-corrected chi connectivity index (χ4v) is 2.33. The van der Waals surface area contributed by atoms with Crippen LogP contribution in [0.2, 0.25) is 0 Å². The van der Waals surface area contributed by atoms with Gasteiger partial charge in [0.25, 0.3) is 5.91 Å². The number of nitrogens with zero attached hydrogens (tertiary/aromatic N) is 2. The van der Waals surface area contributed by atoms with Gasteiger partial charge >= 0.3 is 0 Å². The van der Waals surface area contributed by atoms with E-state index in [1.54, 1.807) is 43.8 Å². The first kappa shape index (κ1) is 16.6. The van der Waals surface area contributed by atoms with Crippen LogP contribution >= 0.6 is 0 Å². The van der Waals surface area contributed by atoms with Gasteiger partial charge in [0.1, 0.15) is 5.75 Å². The first-order valence-electron chi connectivity index (χ1n) is 7.76. The molecule has 0 aliphatic carbocycles. The Hall–Kier alpha value is -3.25. The van der Waals surface area contributed by atoms with Gasteiger partial charge in [-0.3, -0.25) is 14.8 Å². The molecule has 1 heterocycles. The normalized spacial score (nSPS) is 10.3. The second-order valence-corrected chi connectivity index (χ2v) is 5.36. The number of rotatable bonds is 5. The van der Waals surface area contributed by atoms with E-state index in [-0.39, 0.29) is 5.91 Å². The summed E-state index contributed by atoms with van der Waals surface area (Å²) in [5.41, 5.74) is 9.04. The van der Waals surface area contributed by atoms with Crippen molar-refractivity contribution in [2.24, 2.45) is 5.73 Å². The van der Waals surface area contributed by atoms with E-state index in [4.69, 9.17) is 10.5 Å². The van der Waals surface area contributed by atoms with Crippen molar-refractivity contribution < 1.29 is 9.53 Å².